The summed E-state index contributed by atoms with van der Waals surface area (Å²) in [6.45, 7) is 7.03. The first kappa shape index (κ1) is 20.3. The molecule has 1 aliphatic carbocycles. The molecule has 7 heteroatoms. The number of hydrogen-bond acceptors (Lipinski definition) is 6. The Kier molecular flexibility index (Phi) is 5.62. The van der Waals surface area contributed by atoms with Crippen LogP contribution >= 0.6 is 27.3 Å². The summed E-state index contributed by atoms with van der Waals surface area (Å²) in [5.41, 5.74) is 5.42. The van der Waals surface area contributed by atoms with E-state index in [4.69, 9.17) is 0 Å². The molecular formula is C22H25BrN4OS. The van der Waals surface area contributed by atoms with Crippen LogP contribution in [-0.2, 0) is 12.8 Å². The quantitative estimate of drug-likeness (QED) is 0.345. The van der Waals surface area contributed by atoms with Crippen LogP contribution in [0.2, 0.25) is 0 Å². The van der Waals surface area contributed by atoms with Gasteiger partial charge in [0.05, 0.1) is 11.6 Å². The highest BCUT2D eigenvalue weighted by atomic mass is 79.9. The second-order valence-electron chi connectivity index (χ2n) is 8.26. The molecule has 29 heavy (non-hydrogen) atoms. The molecule has 0 saturated carbocycles. The molecule has 5 nitrogen and oxygen atoms in total. The van der Waals surface area contributed by atoms with Crippen molar-refractivity contribution in [1.82, 2.24) is 9.97 Å². The molecule has 0 aliphatic heterocycles. The molecule has 1 unspecified atom stereocenters. The highest BCUT2D eigenvalue weighted by molar-refractivity contribution is 9.10. The minimum Gasteiger partial charge on any atom is -0.507 e. The van der Waals surface area contributed by atoms with Gasteiger partial charge in [-0.15, -0.1) is 11.3 Å². The Labute approximate surface area is 183 Å². The van der Waals surface area contributed by atoms with Crippen LogP contribution in [0.5, 0.6) is 5.75 Å². The highest BCUT2D eigenvalue weighted by Gasteiger charge is 2.33. The molecule has 2 heterocycles. The smallest absolute Gasteiger partial charge is 0.158 e. The van der Waals surface area contributed by atoms with Crippen molar-refractivity contribution in [2.24, 2.45) is 16.4 Å². The zero-order valence-corrected chi connectivity index (χ0v) is 19.3. The fraction of sp³-hybridized carbons (Fsp3) is 0.409. The van der Waals surface area contributed by atoms with Crippen LogP contribution in [0.25, 0.3) is 10.2 Å². The lowest BCUT2D eigenvalue weighted by molar-refractivity contribution is 0.184. The van der Waals surface area contributed by atoms with Crippen LogP contribution in [0.4, 0.5) is 5.82 Å². The monoisotopic (exact) mass is 472 g/mol. The zero-order chi connectivity index (χ0) is 20.6. The lowest BCUT2D eigenvalue weighted by Crippen LogP contribution is -2.28. The van der Waals surface area contributed by atoms with Gasteiger partial charge in [0.1, 0.15) is 16.9 Å². The summed E-state index contributed by atoms with van der Waals surface area (Å²) in [6, 6.07) is 5.25. The van der Waals surface area contributed by atoms with Crippen LogP contribution in [-0.4, -0.2) is 21.3 Å². The van der Waals surface area contributed by atoms with Gasteiger partial charge in [-0.2, -0.15) is 5.10 Å². The van der Waals surface area contributed by atoms with Gasteiger partial charge >= 0.3 is 0 Å². The van der Waals surface area contributed by atoms with Crippen LogP contribution in [0.1, 0.15) is 49.6 Å². The van der Waals surface area contributed by atoms with Gasteiger partial charge in [0, 0.05) is 14.9 Å². The van der Waals surface area contributed by atoms with Crippen LogP contribution in [0.15, 0.2) is 34.1 Å². The van der Waals surface area contributed by atoms with E-state index in [-0.39, 0.29) is 5.75 Å². The van der Waals surface area contributed by atoms with Gasteiger partial charge in [-0.25, -0.2) is 9.97 Å². The van der Waals surface area contributed by atoms with Gasteiger partial charge in [0.2, 0.25) is 0 Å². The maximum atomic E-state index is 9.99. The Balaban J connectivity index is 1.65. The van der Waals surface area contributed by atoms with E-state index in [1.807, 2.05) is 6.07 Å². The molecule has 0 radical (unpaired) electrons. The van der Waals surface area contributed by atoms with Crippen molar-refractivity contribution in [3.63, 3.8) is 0 Å². The summed E-state index contributed by atoms with van der Waals surface area (Å²) in [4.78, 5) is 11.4. The van der Waals surface area contributed by atoms with Crippen LogP contribution in [0, 0.1) is 11.3 Å². The topological polar surface area (TPSA) is 70.4 Å². The van der Waals surface area contributed by atoms with Gasteiger partial charge < -0.3 is 5.11 Å². The molecule has 1 aromatic carbocycles. The van der Waals surface area contributed by atoms with E-state index < -0.39 is 0 Å². The molecule has 2 aromatic heterocycles. The van der Waals surface area contributed by atoms with Crippen molar-refractivity contribution < 1.29 is 5.11 Å². The van der Waals surface area contributed by atoms with E-state index in [2.05, 4.69) is 57.2 Å². The Morgan fingerprint density at radius 2 is 2.21 bits per heavy atom. The van der Waals surface area contributed by atoms with Crippen molar-refractivity contribution in [2.45, 2.75) is 46.5 Å². The van der Waals surface area contributed by atoms with E-state index in [1.165, 1.54) is 23.3 Å². The maximum absolute atomic E-state index is 9.99. The van der Waals surface area contributed by atoms with Gasteiger partial charge in [-0.1, -0.05) is 43.1 Å². The third kappa shape index (κ3) is 4.03. The molecule has 1 atom stereocenters. The number of thiophene rings is 1. The number of aromatic hydroxyl groups is 1. The number of anilines is 1. The molecule has 0 fully saturated rings. The van der Waals surface area contributed by atoms with E-state index in [9.17, 15) is 5.11 Å². The summed E-state index contributed by atoms with van der Waals surface area (Å²) >= 11 is 5.20. The van der Waals surface area contributed by atoms with Crippen molar-refractivity contribution in [3.05, 3.63) is 45.0 Å². The fourth-order valence-corrected chi connectivity index (χ4v) is 5.50. The standard InChI is InChI=1S/C22H25BrN4OS/c1-4-22(2,3)14-5-8-18-16(10-14)19-20(24-12-25-21(19)29-18)27-26-11-13-9-15(23)6-7-17(13)28/h6-7,9,11-12,14,28H,4-5,8,10H2,1-3H3,(H,24,25,27)/b26-11+. The molecule has 3 aromatic rings. The number of hydrogen-bond donors (Lipinski definition) is 2. The lowest BCUT2D eigenvalue weighted by atomic mass is 9.69. The molecule has 0 saturated heterocycles. The number of rotatable bonds is 5. The second kappa shape index (κ2) is 8.03. The molecule has 4 rings (SSSR count). The van der Waals surface area contributed by atoms with Gasteiger partial charge in [-0.3, -0.25) is 5.43 Å². The van der Waals surface area contributed by atoms with Crippen molar-refractivity contribution in [1.29, 1.82) is 0 Å². The third-order valence-corrected chi connectivity index (χ3v) is 7.91. The zero-order valence-electron chi connectivity index (χ0n) is 16.9. The van der Waals surface area contributed by atoms with Crippen LogP contribution in [0.3, 0.4) is 0 Å². The average Bonchev–Trinajstić information content (AvgIpc) is 3.09. The number of phenolic OH excluding ortho intramolecular Hbond substituents is 1. The van der Waals surface area contributed by atoms with E-state index >= 15 is 0 Å². The number of benzene rings is 1. The molecule has 0 bridgehead atoms. The first-order valence-electron chi connectivity index (χ1n) is 9.92. The number of phenols is 1. The van der Waals surface area contributed by atoms with Crippen molar-refractivity contribution >= 4 is 49.5 Å². The normalized spacial score (nSPS) is 17.0. The van der Waals surface area contributed by atoms with Crippen molar-refractivity contribution in [3.8, 4) is 5.75 Å². The predicted molar refractivity (Wildman–Crippen MR) is 124 cm³/mol. The largest absolute Gasteiger partial charge is 0.507 e. The molecule has 2 N–H and O–H groups in total. The Morgan fingerprint density at radius 1 is 1.38 bits per heavy atom. The van der Waals surface area contributed by atoms with E-state index in [1.54, 1.807) is 36.0 Å². The van der Waals surface area contributed by atoms with Gasteiger partial charge in [-0.05, 0) is 54.4 Å². The van der Waals surface area contributed by atoms with E-state index in [0.29, 0.717) is 16.9 Å². The number of nitrogens with zero attached hydrogens (tertiary/aromatic N) is 3. The molecule has 1 aliphatic rings. The maximum Gasteiger partial charge on any atom is 0.158 e. The highest BCUT2D eigenvalue weighted by Crippen LogP contribution is 2.45. The number of aromatic nitrogens is 2. The number of halogens is 1. The third-order valence-electron chi connectivity index (χ3n) is 6.22. The number of hydrazone groups is 1. The van der Waals surface area contributed by atoms with Crippen molar-refractivity contribution in [2.75, 3.05) is 5.43 Å². The fourth-order valence-electron chi connectivity index (χ4n) is 3.94. The first-order valence-corrected chi connectivity index (χ1v) is 11.5. The lowest BCUT2D eigenvalue weighted by Gasteiger charge is -2.36. The molecule has 0 amide bonds. The SMILES string of the molecule is CCC(C)(C)C1CCc2sc3ncnc(N/N=C/c4cc(Br)ccc4O)c3c2C1. The van der Waals surface area contributed by atoms with Gasteiger partial charge in [0.15, 0.2) is 5.82 Å². The second-order valence-corrected chi connectivity index (χ2v) is 10.3. The van der Waals surface area contributed by atoms with Gasteiger partial charge in [0.25, 0.3) is 0 Å². The molecule has 152 valence electrons. The first-order chi connectivity index (χ1) is 13.9. The molecule has 0 spiro atoms. The minimum atomic E-state index is 0.184. The Hall–Kier alpha value is -1.99. The number of nitrogens with one attached hydrogen (secondary N) is 1. The summed E-state index contributed by atoms with van der Waals surface area (Å²) in [5, 5.41) is 15.4. The Bertz CT molecular complexity index is 1080. The summed E-state index contributed by atoms with van der Waals surface area (Å²) in [7, 11) is 0. The number of aryl methyl sites for hydroxylation is 1. The predicted octanol–water partition coefficient (Wildman–Crippen LogP) is 6.15. The summed E-state index contributed by atoms with van der Waals surface area (Å²) in [5.74, 6) is 1.57. The molecular weight excluding hydrogens is 448 g/mol. The van der Waals surface area contributed by atoms with Crippen LogP contribution < -0.4 is 5.43 Å². The minimum absolute atomic E-state index is 0.184. The summed E-state index contributed by atoms with van der Waals surface area (Å²) in [6.07, 6.45) is 7.78. The number of fused-ring (bicyclic) bond motifs is 3. The van der Waals surface area contributed by atoms with E-state index in [0.717, 1.165) is 33.3 Å². The average molecular weight is 473 g/mol. The summed E-state index contributed by atoms with van der Waals surface area (Å²) < 4.78 is 0.887. The Morgan fingerprint density at radius 3 is 3.00 bits per heavy atom.